The van der Waals surface area contributed by atoms with E-state index in [0.29, 0.717) is 6.54 Å². The first-order chi connectivity index (χ1) is 10.8. The lowest BCUT2D eigenvalue weighted by Crippen LogP contribution is -2.45. The van der Waals surface area contributed by atoms with Crippen LogP contribution < -0.4 is 10.6 Å². The number of carbonyl (C=O) groups is 2. The van der Waals surface area contributed by atoms with Crippen LogP contribution in [0.2, 0.25) is 0 Å². The van der Waals surface area contributed by atoms with Crippen molar-refractivity contribution in [2.75, 3.05) is 26.2 Å². The molecule has 0 bridgehead atoms. The van der Waals surface area contributed by atoms with Crippen LogP contribution in [0.25, 0.3) is 6.08 Å². The Bertz CT molecular complexity index is 508. The molecule has 1 aliphatic heterocycles. The number of hydrogen-bond donors (Lipinski definition) is 2. The van der Waals surface area contributed by atoms with Crippen LogP contribution >= 0.6 is 0 Å². The quantitative estimate of drug-likeness (QED) is 0.874. The Hall–Kier alpha value is -2.30. The Morgan fingerprint density at radius 2 is 1.77 bits per heavy atom. The van der Waals surface area contributed by atoms with Gasteiger partial charge in [-0.15, -0.1) is 0 Å². The first-order valence-electron chi connectivity index (χ1n) is 7.77. The van der Waals surface area contributed by atoms with Crippen molar-refractivity contribution in [1.82, 2.24) is 15.5 Å². The van der Waals surface area contributed by atoms with Crippen molar-refractivity contribution in [3.05, 3.63) is 42.0 Å². The Balaban J connectivity index is 1.61. The number of carbonyl (C=O) groups excluding carboxylic acids is 2. The standard InChI is InChI=1S/C17H23N3O2/c21-16(20-12-5-2-6-13-20)14-19-17(22)18-11-7-10-15-8-3-1-4-9-15/h1,3-4,7-10H,2,5-6,11-14H2,(H2,18,19,22)/b10-7+. The van der Waals surface area contributed by atoms with Gasteiger partial charge in [0.05, 0.1) is 6.54 Å². The zero-order chi connectivity index (χ0) is 15.6. The molecule has 0 unspecified atom stereocenters. The summed E-state index contributed by atoms with van der Waals surface area (Å²) in [6.45, 7) is 2.11. The van der Waals surface area contributed by atoms with Gasteiger partial charge >= 0.3 is 6.03 Å². The summed E-state index contributed by atoms with van der Waals surface area (Å²) < 4.78 is 0. The van der Waals surface area contributed by atoms with Crippen LogP contribution in [0.1, 0.15) is 24.8 Å². The molecule has 22 heavy (non-hydrogen) atoms. The van der Waals surface area contributed by atoms with Gasteiger partial charge < -0.3 is 15.5 Å². The fourth-order valence-corrected chi connectivity index (χ4v) is 2.38. The van der Waals surface area contributed by atoms with Gasteiger partial charge in [0.2, 0.25) is 5.91 Å². The SMILES string of the molecule is O=C(NC/C=C/c1ccccc1)NCC(=O)N1CCCCC1. The molecule has 0 aromatic heterocycles. The van der Waals surface area contributed by atoms with Gasteiger partial charge in [0, 0.05) is 19.6 Å². The molecule has 5 nitrogen and oxygen atoms in total. The molecule has 0 atom stereocenters. The maximum Gasteiger partial charge on any atom is 0.315 e. The molecule has 1 aliphatic rings. The minimum absolute atomic E-state index is 0.00493. The second kappa shape index (κ2) is 8.87. The fourth-order valence-electron chi connectivity index (χ4n) is 2.38. The van der Waals surface area contributed by atoms with E-state index < -0.39 is 0 Å². The van der Waals surface area contributed by atoms with Gasteiger partial charge in [0.15, 0.2) is 0 Å². The molecule has 118 valence electrons. The highest BCUT2D eigenvalue weighted by molar-refractivity contribution is 5.84. The Kier molecular flexibility index (Phi) is 6.48. The zero-order valence-electron chi connectivity index (χ0n) is 12.8. The van der Waals surface area contributed by atoms with E-state index in [-0.39, 0.29) is 18.5 Å². The number of urea groups is 1. The van der Waals surface area contributed by atoms with Crippen LogP contribution in [0.15, 0.2) is 36.4 Å². The molecule has 0 saturated carbocycles. The Labute approximate surface area is 131 Å². The van der Waals surface area contributed by atoms with Crippen LogP contribution in [0.3, 0.4) is 0 Å². The zero-order valence-corrected chi connectivity index (χ0v) is 12.8. The highest BCUT2D eigenvalue weighted by Crippen LogP contribution is 2.08. The van der Waals surface area contributed by atoms with Crippen molar-refractivity contribution in [3.8, 4) is 0 Å². The summed E-state index contributed by atoms with van der Waals surface area (Å²) in [4.78, 5) is 25.3. The van der Waals surface area contributed by atoms with E-state index in [0.717, 1.165) is 31.5 Å². The Morgan fingerprint density at radius 3 is 2.50 bits per heavy atom. The van der Waals surface area contributed by atoms with Crippen molar-refractivity contribution in [2.45, 2.75) is 19.3 Å². The molecule has 1 heterocycles. The average molecular weight is 301 g/mol. The van der Waals surface area contributed by atoms with Crippen molar-refractivity contribution >= 4 is 18.0 Å². The summed E-state index contributed by atoms with van der Waals surface area (Å²) in [6.07, 6.45) is 7.12. The second-order valence-corrected chi connectivity index (χ2v) is 5.32. The summed E-state index contributed by atoms with van der Waals surface area (Å²) in [5.41, 5.74) is 1.09. The van der Waals surface area contributed by atoms with E-state index in [2.05, 4.69) is 10.6 Å². The highest BCUT2D eigenvalue weighted by atomic mass is 16.2. The fraction of sp³-hybridized carbons (Fsp3) is 0.412. The summed E-state index contributed by atoms with van der Waals surface area (Å²) in [5, 5.41) is 5.31. The minimum Gasteiger partial charge on any atom is -0.341 e. The van der Waals surface area contributed by atoms with E-state index in [1.54, 1.807) is 0 Å². The molecular weight excluding hydrogens is 278 g/mol. The van der Waals surface area contributed by atoms with Crippen molar-refractivity contribution in [3.63, 3.8) is 0 Å². The number of nitrogens with zero attached hydrogens (tertiary/aromatic N) is 1. The molecule has 3 amide bonds. The summed E-state index contributed by atoms with van der Waals surface area (Å²) in [7, 11) is 0. The molecule has 1 aromatic rings. The first kappa shape index (κ1) is 16.1. The summed E-state index contributed by atoms with van der Waals surface area (Å²) in [6, 6.07) is 9.56. The first-order valence-corrected chi connectivity index (χ1v) is 7.77. The lowest BCUT2D eigenvalue weighted by Gasteiger charge is -2.26. The third-order valence-electron chi connectivity index (χ3n) is 3.60. The topological polar surface area (TPSA) is 61.4 Å². The van der Waals surface area contributed by atoms with Crippen LogP contribution in [0, 0.1) is 0 Å². The largest absolute Gasteiger partial charge is 0.341 e. The number of nitrogens with one attached hydrogen (secondary N) is 2. The van der Waals surface area contributed by atoms with Crippen molar-refractivity contribution in [2.24, 2.45) is 0 Å². The third-order valence-corrected chi connectivity index (χ3v) is 3.60. The lowest BCUT2D eigenvalue weighted by molar-refractivity contribution is -0.130. The van der Waals surface area contributed by atoms with E-state index >= 15 is 0 Å². The molecule has 1 fully saturated rings. The van der Waals surface area contributed by atoms with Gasteiger partial charge in [-0.3, -0.25) is 4.79 Å². The van der Waals surface area contributed by atoms with E-state index in [4.69, 9.17) is 0 Å². The monoisotopic (exact) mass is 301 g/mol. The number of rotatable bonds is 5. The maximum atomic E-state index is 11.9. The van der Waals surface area contributed by atoms with E-state index in [1.165, 1.54) is 6.42 Å². The number of piperidine rings is 1. The van der Waals surface area contributed by atoms with Gasteiger partial charge in [0.1, 0.15) is 0 Å². The molecule has 2 N–H and O–H groups in total. The molecule has 2 rings (SSSR count). The van der Waals surface area contributed by atoms with Crippen molar-refractivity contribution < 1.29 is 9.59 Å². The van der Waals surface area contributed by atoms with Gasteiger partial charge in [-0.2, -0.15) is 0 Å². The highest BCUT2D eigenvalue weighted by Gasteiger charge is 2.16. The predicted molar refractivity (Wildman–Crippen MR) is 87.3 cm³/mol. The Morgan fingerprint density at radius 1 is 1.05 bits per heavy atom. The summed E-state index contributed by atoms with van der Waals surface area (Å²) >= 11 is 0. The molecule has 0 aliphatic carbocycles. The average Bonchev–Trinajstić information content (AvgIpc) is 2.58. The van der Waals surface area contributed by atoms with Crippen LogP contribution in [-0.2, 0) is 4.79 Å². The molecule has 5 heteroatoms. The van der Waals surface area contributed by atoms with Crippen molar-refractivity contribution in [1.29, 1.82) is 0 Å². The lowest BCUT2D eigenvalue weighted by atomic mass is 10.1. The third kappa shape index (κ3) is 5.60. The molecular formula is C17H23N3O2. The van der Waals surface area contributed by atoms with Gasteiger partial charge in [0.25, 0.3) is 0 Å². The molecule has 0 spiro atoms. The number of likely N-dealkylation sites (tertiary alicyclic amines) is 1. The van der Waals surface area contributed by atoms with Crippen LogP contribution in [0.4, 0.5) is 4.79 Å². The van der Waals surface area contributed by atoms with Gasteiger partial charge in [-0.05, 0) is 24.8 Å². The predicted octanol–water partition coefficient (Wildman–Crippen LogP) is 2.01. The second-order valence-electron chi connectivity index (χ2n) is 5.32. The van der Waals surface area contributed by atoms with E-state index in [9.17, 15) is 9.59 Å². The number of benzene rings is 1. The van der Waals surface area contributed by atoms with Gasteiger partial charge in [-0.25, -0.2) is 4.79 Å². The number of hydrogen-bond acceptors (Lipinski definition) is 2. The summed E-state index contributed by atoms with van der Waals surface area (Å²) in [5.74, 6) is -0.00493. The maximum absolute atomic E-state index is 11.9. The number of amides is 3. The van der Waals surface area contributed by atoms with Crippen LogP contribution in [-0.4, -0.2) is 43.0 Å². The van der Waals surface area contributed by atoms with Gasteiger partial charge in [-0.1, -0.05) is 42.5 Å². The minimum atomic E-state index is -0.317. The molecule has 1 aromatic carbocycles. The van der Waals surface area contributed by atoms with E-state index in [1.807, 2.05) is 47.4 Å². The molecule has 1 saturated heterocycles. The molecule has 0 radical (unpaired) electrons. The smallest absolute Gasteiger partial charge is 0.315 e. The normalized spacial score (nSPS) is 14.8. The van der Waals surface area contributed by atoms with Crippen LogP contribution in [0.5, 0.6) is 0 Å².